The van der Waals surface area contributed by atoms with Crippen LogP contribution in [-0.4, -0.2) is 5.78 Å². The van der Waals surface area contributed by atoms with Crippen LogP contribution >= 0.6 is 15.9 Å². The zero-order valence-corrected chi connectivity index (χ0v) is 12.6. The summed E-state index contributed by atoms with van der Waals surface area (Å²) < 4.78 is 27.9. The number of hydrogen-bond acceptors (Lipinski definition) is 2. The number of carbonyl (C=O) groups is 1. The van der Waals surface area contributed by atoms with Crippen molar-refractivity contribution in [1.82, 2.24) is 0 Å². The van der Waals surface area contributed by atoms with Crippen LogP contribution in [0.5, 0.6) is 0 Å². The molecule has 2 aromatic rings. The molecule has 0 N–H and O–H groups in total. The first-order chi connectivity index (χ1) is 9.93. The van der Waals surface area contributed by atoms with Crippen molar-refractivity contribution >= 4 is 21.7 Å². The lowest BCUT2D eigenvalue weighted by molar-refractivity contribution is 0.0970. The molecular weight excluding hydrogens is 340 g/mol. The van der Waals surface area contributed by atoms with E-state index >= 15 is 0 Å². The summed E-state index contributed by atoms with van der Waals surface area (Å²) >= 11 is 2.95. The average Bonchev–Trinajstić information content (AvgIpc) is 2.40. The normalized spacial score (nSPS) is 11.8. The Morgan fingerprint density at radius 2 is 1.71 bits per heavy atom. The summed E-state index contributed by atoms with van der Waals surface area (Å²) in [7, 11) is 0. The third kappa shape index (κ3) is 3.17. The Labute approximate surface area is 129 Å². The first-order valence-corrected chi connectivity index (χ1v) is 6.88. The van der Waals surface area contributed by atoms with Crippen LogP contribution in [0.2, 0.25) is 0 Å². The number of Topliss-reactive ketones (excluding diaryl/α,β-unsaturated/α-hetero) is 1. The van der Waals surface area contributed by atoms with E-state index in [2.05, 4.69) is 15.9 Å². The number of benzene rings is 2. The smallest absolute Gasteiger partial charge is 0.190 e. The third-order valence-corrected chi connectivity index (χ3v) is 3.51. The van der Waals surface area contributed by atoms with E-state index in [0.717, 1.165) is 17.7 Å². The Morgan fingerprint density at radius 3 is 2.19 bits per heavy atom. The van der Waals surface area contributed by atoms with Crippen LogP contribution in [0.15, 0.2) is 40.9 Å². The molecule has 0 fully saturated rings. The molecule has 21 heavy (non-hydrogen) atoms. The molecule has 1 atom stereocenters. The Morgan fingerprint density at radius 1 is 1.19 bits per heavy atom. The largest absolute Gasteiger partial charge is 0.292 e. The molecule has 106 valence electrons. The molecule has 0 aromatic heterocycles. The molecule has 0 saturated heterocycles. The van der Waals surface area contributed by atoms with Crippen LogP contribution < -0.4 is 0 Å². The van der Waals surface area contributed by atoms with Gasteiger partial charge in [0.05, 0.1) is 11.6 Å². The highest BCUT2D eigenvalue weighted by Crippen LogP contribution is 2.26. The van der Waals surface area contributed by atoms with Crippen LogP contribution in [0.4, 0.5) is 8.78 Å². The van der Waals surface area contributed by atoms with E-state index in [0.29, 0.717) is 5.56 Å². The summed E-state index contributed by atoms with van der Waals surface area (Å²) in [5, 5.41) is 9.19. The summed E-state index contributed by atoms with van der Waals surface area (Å²) in [6.45, 7) is 1.86. The molecule has 0 heterocycles. The number of hydrogen-bond donors (Lipinski definition) is 0. The quantitative estimate of drug-likeness (QED) is 0.764. The maximum absolute atomic E-state index is 13.8. The van der Waals surface area contributed by atoms with Gasteiger partial charge in [-0.15, -0.1) is 0 Å². The molecule has 2 nitrogen and oxygen atoms in total. The molecule has 0 aliphatic carbocycles. The zero-order valence-electron chi connectivity index (χ0n) is 11.0. The summed E-state index contributed by atoms with van der Waals surface area (Å²) in [5.74, 6) is -4.10. The first-order valence-electron chi connectivity index (χ1n) is 6.09. The van der Waals surface area contributed by atoms with Gasteiger partial charge in [0.25, 0.3) is 0 Å². The molecular formula is C16H10BrF2NO. The second-order valence-corrected chi connectivity index (χ2v) is 5.50. The van der Waals surface area contributed by atoms with Crippen molar-refractivity contribution < 1.29 is 13.6 Å². The Balaban J connectivity index is 2.47. The van der Waals surface area contributed by atoms with Gasteiger partial charge in [-0.1, -0.05) is 45.8 Å². The van der Waals surface area contributed by atoms with Crippen molar-refractivity contribution in [1.29, 1.82) is 5.26 Å². The lowest BCUT2D eigenvalue weighted by atomic mass is 9.91. The lowest BCUT2D eigenvalue weighted by Gasteiger charge is -2.11. The van der Waals surface area contributed by atoms with Crippen molar-refractivity contribution in [3.05, 3.63) is 69.2 Å². The van der Waals surface area contributed by atoms with E-state index in [4.69, 9.17) is 0 Å². The fourth-order valence-electron chi connectivity index (χ4n) is 1.97. The first kappa shape index (κ1) is 15.3. The number of nitrogens with zero attached hydrogens (tertiary/aromatic N) is 1. The highest BCUT2D eigenvalue weighted by atomic mass is 79.9. The molecule has 2 aromatic carbocycles. The van der Waals surface area contributed by atoms with E-state index < -0.39 is 28.9 Å². The standard InChI is InChI=1S/C16H10BrF2NO/c1-9-2-4-10(5-3-9)12(8-20)16(21)15-13(18)6-11(17)7-14(15)19/h2-7,12H,1H3. The predicted octanol–water partition coefficient (Wildman–Crippen LogP) is 4.53. The monoisotopic (exact) mass is 349 g/mol. The number of aryl methyl sites for hydroxylation is 1. The van der Waals surface area contributed by atoms with E-state index in [-0.39, 0.29) is 4.47 Å². The highest BCUT2D eigenvalue weighted by molar-refractivity contribution is 9.10. The zero-order chi connectivity index (χ0) is 15.6. The second-order valence-electron chi connectivity index (χ2n) is 4.58. The van der Waals surface area contributed by atoms with E-state index in [9.17, 15) is 18.8 Å². The van der Waals surface area contributed by atoms with E-state index in [1.54, 1.807) is 24.3 Å². The Bertz CT molecular complexity index is 712. The van der Waals surface area contributed by atoms with Crippen LogP contribution in [0.3, 0.4) is 0 Å². The SMILES string of the molecule is Cc1ccc(C(C#N)C(=O)c2c(F)cc(Br)cc2F)cc1. The lowest BCUT2D eigenvalue weighted by Crippen LogP contribution is -2.15. The van der Waals surface area contributed by atoms with Crippen LogP contribution in [0.25, 0.3) is 0 Å². The molecule has 0 radical (unpaired) electrons. The molecule has 0 aliphatic rings. The van der Waals surface area contributed by atoms with Gasteiger partial charge in [0.1, 0.15) is 17.6 Å². The summed E-state index contributed by atoms with van der Waals surface area (Å²) in [6, 6.07) is 10.5. The fourth-order valence-corrected chi connectivity index (χ4v) is 2.37. The molecule has 2 rings (SSSR count). The van der Waals surface area contributed by atoms with Crippen molar-refractivity contribution in [2.75, 3.05) is 0 Å². The summed E-state index contributed by atoms with van der Waals surface area (Å²) in [5.41, 5.74) is 0.684. The molecule has 0 saturated carbocycles. The fraction of sp³-hybridized carbons (Fsp3) is 0.125. The number of nitriles is 1. The Kier molecular flexibility index (Phi) is 4.49. The summed E-state index contributed by atoms with van der Waals surface area (Å²) in [4.78, 5) is 12.3. The number of halogens is 3. The molecule has 5 heteroatoms. The van der Waals surface area contributed by atoms with Gasteiger partial charge < -0.3 is 0 Å². The molecule has 1 unspecified atom stereocenters. The van der Waals surface area contributed by atoms with Crippen molar-refractivity contribution in [2.45, 2.75) is 12.8 Å². The predicted molar refractivity (Wildman–Crippen MR) is 77.9 cm³/mol. The maximum Gasteiger partial charge on any atom is 0.190 e. The molecule has 0 amide bonds. The minimum Gasteiger partial charge on any atom is -0.292 e. The van der Waals surface area contributed by atoms with Crippen molar-refractivity contribution in [3.8, 4) is 6.07 Å². The number of carbonyl (C=O) groups excluding carboxylic acids is 1. The summed E-state index contributed by atoms with van der Waals surface area (Å²) in [6.07, 6.45) is 0. The minimum absolute atomic E-state index is 0.192. The van der Waals surface area contributed by atoms with Crippen LogP contribution in [0.1, 0.15) is 27.4 Å². The van der Waals surface area contributed by atoms with Gasteiger partial charge in [-0.3, -0.25) is 4.79 Å². The number of rotatable bonds is 3. The van der Waals surface area contributed by atoms with Crippen LogP contribution in [0, 0.1) is 29.9 Å². The van der Waals surface area contributed by atoms with Gasteiger partial charge >= 0.3 is 0 Å². The average molecular weight is 350 g/mol. The number of ketones is 1. The van der Waals surface area contributed by atoms with E-state index in [1.165, 1.54) is 0 Å². The second kappa shape index (κ2) is 6.15. The third-order valence-electron chi connectivity index (χ3n) is 3.06. The van der Waals surface area contributed by atoms with Gasteiger partial charge in [0, 0.05) is 4.47 Å². The van der Waals surface area contributed by atoms with Gasteiger partial charge in [-0.05, 0) is 24.6 Å². The minimum atomic E-state index is -1.24. The van der Waals surface area contributed by atoms with Gasteiger partial charge in [-0.25, -0.2) is 8.78 Å². The van der Waals surface area contributed by atoms with Gasteiger partial charge in [0.2, 0.25) is 0 Å². The molecule has 0 aliphatic heterocycles. The molecule has 0 bridgehead atoms. The van der Waals surface area contributed by atoms with Crippen molar-refractivity contribution in [3.63, 3.8) is 0 Å². The maximum atomic E-state index is 13.8. The van der Waals surface area contributed by atoms with E-state index in [1.807, 2.05) is 13.0 Å². The topological polar surface area (TPSA) is 40.9 Å². The Hall–Kier alpha value is -2.06. The molecule has 0 spiro atoms. The van der Waals surface area contributed by atoms with Crippen LogP contribution in [-0.2, 0) is 0 Å². The van der Waals surface area contributed by atoms with Crippen molar-refractivity contribution in [2.24, 2.45) is 0 Å². The van der Waals surface area contributed by atoms with Gasteiger partial charge in [-0.2, -0.15) is 5.26 Å². The highest BCUT2D eigenvalue weighted by Gasteiger charge is 2.27. The van der Waals surface area contributed by atoms with Gasteiger partial charge in [0.15, 0.2) is 5.78 Å².